The van der Waals surface area contributed by atoms with Gasteiger partial charge in [0.25, 0.3) is 0 Å². The molecule has 0 fully saturated rings. The van der Waals surface area contributed by atoms with Crippen molar-refractivity contribution in [2.45, 2.75) is 0 Å². The Labute approximate surface area is 352 Å². The zero-order chi connectivity index (χ0) is 40.4. The highest BCUT2D eigenvalue weighted by Crippen LogP contribution is 2.51. The quantitative estimate of drug-likeness (QED) is 0.171. The first-order valence-electron chi connectivity index (χ1n) is 20.9. The Kier molecular flexibility index (Phi) is 7.98. The first-order valence-corrected chi connectivity index (χ1v) is 20.9. The van der Waals surface area contributed by atoms with Crippen LogP contribution in [0.1, 0.15) is 0 Å². The van der Waals surface area contributed by atoms with E-state index in [2.05, 4.69) is 201 Å². The third-order valence-electron chi connectivity index (χ3n) is 14.2. The highest BCUT2D eigenvalue weighted by atomic mass is 15.1. The summed E-state index contributed by atoms with van der Waals surface area (Å²) in [5.74, 6) is 0.945. The molecule has 0 unspecified atom stereocenters. The van der Waals surface area contributed by atoms with Gasteiger partial charge in [-0.25, -0.2) is 4.98 Å². The van der Waals surface area contributed by atoms with E-state index in [0.29, 0.717) is 0 Å². The third-order valence-corrected chi connectivity index (χ3v) is 14.2. The van der Waals surface area contributed by atoms with Crippen LogP contribution in [0.3, 0.4) is 0 Å². The lowest BCUT2D eigenvalue weighted by Crippen LogP contribution is -2.50. The van der Waals surface area contributed by atoms with E-state index in [9.17, 15) is 0 Å². The molecule has 10 heteroatoms. The molecule has 0 saturated carbocycles. The maximum Gasteiger partial charge on any atom is 0.145 e. The van der Waals surface area contributed by atoms with E-state index >= 15 is 0 Å². The van der Waals surface area contributed by atoms with Gasteiger partial charge in [0.15, 0.2) is 0 Å². The Hall–Kier alpha value is -6.25. The van der Waals surface area contributed by atoms with Crippen LogP contribution in [0, 0.1) is 0 Å². The predicted octanol–water partition coefficient (Wildman–Crippen LogP) is -0.799. The van der Waals surface area contributed by atoms with Gasteiger partial charge in [0.2, 0.25) is 0 Å². The van der Waals surface area contributed by atoms with Crippen molar-refractivity contribution in [3.05, 3.63) is 133 Å². The lowest BCUT2D eigenvalue weighted by Gasteiger charge is -2.28. The van der Waals surface area contributed by atoms with Gasteiger partial charge in [-0.15, -0.1) is 21.9 Å². The molecule has 1 heterocycles. The standard InChI is InChI=1S/C49H38B8N2/c50-41-37-34(23-17-19-24(20-18-23)49-58-32-15-6-7-16-33(32)59(49)25-9-2-1-3-10-25)38-40(44(53)48(57)46(55)42(38)51)36(39(37)43(52)47(56)45(41)54)31-22-21-30-27-12-5-4-11-26(27)28-13-8-14-29(31)35(28)30/h1-22H,50-57H2. The molecule has 268 valence electrons. The number of hydrogen-bond acceptors (Lipinski definition) is 1. The van der Waals surface area contributed by atoms with E-state index in [0.717, 1.165) is 28.1 Å². The van der Waals surface area contributed by atoms with Crippen LogP contribution >= 0.6 is 0 Å². The van der Waals surface area contributed by atoms with Crippen molar-refractivity contribution in [1.29, 1.82) is 0 Å². The monoisotopic (exact) mass is 742 g/mol. The summed E-state index contributed by atoms with van der Waals surface area (Å²) in [5.41, 5.74) is 25.7. The predicted molar refractivity (Wildman–Crippen MR) is 280 cm³/mol. The molecule has 0 spiro atoms. The number of benzene rings is 9. The van der Waals surface area contributed by atoms with Crippen LogP contribution in [0.25, 0.3) is 105 Å². The molecule has 10 aromatic rings. The van der Waals surface area contributed by atoms with Gasteiger partial charge in [-0.3, -0.25) is 4.57 Å². The summed E-state index contributed by atoms with van der Waals surface area (Å²) in [6.45, 7) is 0. The fourth-order valence-corrected chi connectivity index (χ4v) is 10.6. The van der Waals surface area contributed by atoms with Crippen molar-refractivity contribution in [1.82, 2.24) is 9.55 Å². The van der Waals surface area contributed by atoms with Crippen molar-refractivity contribution in [3.8, 4) is 61.6 Å². The van der Waals surface area contributed by atoms with E-state index < -0.39 is 0 Å². The number of imidazole rings is 1. The minimum absolute atomic E-state index is 0.945. The van der Waals surface area contributed by atoms with Crippen LogP contribution < -0.4 is 43.7 Å². The molecule has 1 aromatic heterocycles. The van der Waals surface area contributed by atoms with Crippen molar-refractivity contribution in [2.24, 2.45) is 0 Å². The van der Waals surface area contributed by atoms with Crippen LogP contribution in [-0.4, -0.2) is 72.3 Å². The molecule has 0 saturated heterocycles. The Morgan fingerprint density at radius 1 is 0.339 bits per heavy atom. The molecule has 0 N–H and O–H groups in total. The number of para-hydroxylation sites is 3. The molecule has 0 atom stereocenters. The van der Waals surface area contributed by atoms with E-state index in [1.807, 2.05) is 0 Å². The summed E-state index contributed by atoms with van der Waals surface area (Å²) in [7, 11) is 18.7. The van der Waals surface area contributed by atoms with Gasteiger partial charge in [-0.1, -0.05) is 131 Å². The molecule has 1 aliphatic rings. The molecule has 9 aromatic carbocycles. The van der Waals surface area contributed by atoms with E-state index in [1.54, 1.807) is 0 Å². The average molecular weight is 741 g/mol. The van der Waals surface area contributed by atoms with Crippen molar-refractivity contribution < 1.29 is 0 Å². The van der Waals surface area contributed by atoms with Gasteiger partial charge in [-0.2, -0.15) is 0 Å². The summed E-state index contributed by atoms with van der Waals surface area (Å²) < 4.78 is 2.29. The first kappa shape index (κ1) is 35.9. The molecule has 0 aliphatic heterocycles. The second-order valence-corrected chi connectivity index (χ2v) is 16.9. The Balaban J connectivity index is 1.25. The molecule has 59 heavy (non-hydrogen) atoms. The Morgan fingerprint density at radius 2 is 0.814 bits per heavy atom. The number of nitrogens with zero attached hydrogens (tertiary/aromatic N) is 2. The molecule has 0 amide bonds. The van der Waals surface area contributed by atoms with Crippen LogP contribution in [0.15, 0.2) is 133 Å². The molecule has 0 radical (unpaired) electrons. The highest BCUT2D eigenvalue weighted by molar-refractivity contribution is 6.71. The Morgan fingerprint density at radius 3 is 1.42 bits per heavy atom. The van der Waals surface area contributed by atoms with Gasteiger partial charge in [0.05, 0.1) is 11.0 Å². The fourth-order valence-electron chi connectivity index (χ4n) is 10.6. The second kappa shape index (κ2) is 13.1. The summed E-state index contributed by atoms with van der Waals surface area (Å²) >= 11 is 0. The van der Waals surface area contributed by atoms with Crippen LogP contribution in [0.5, 0.6) is 0 Å². The summed E-state index contributed by atoms with van der Waals surface area (Å²) in [6, 6.07) is 49.0. The Bertz CT molecular complexity index is 3360. The van der Waals surface area contributed by atoms with Crippen LogP contribution in [-0.2, 0) is 0 Å². The molecule has 0 bridgehead atoms. The molecule has 11 rings (SSSR count). The summed E-state index contributed by atoms with van der Waals surface area (Å²) in [4.78, 5) is 5.22. The number of rotatable bonds is 4. The average Bonchev–Trinajstić information content (AvgIpc) is 3.83. The second-order valence-electron chi connectivity index (χ2n) is 16.9. The van der Waals surface area contributed by atoms with Gasteiger partial charge >= 0.3 is 0 Å². The molecular formula is C49H38B8N2. The van der Waals surface area contributed by atoms with Crippen LogP contribution in [0.4, 0.5) is 0 Å². The van der Waals surface area contributed by atoms with Crippen LogP contribution in [0.2, 0.25) is 0 Å². The lowest BCUT2D eigenvalue weighted by molar-refractivity contribution is 1.10. The van der Waals surface area contributed by atoms with E-state index in [1.165, 1.54) is 121 Å². The SMILES string of the molecule is Bc1c(B)c(B)c2c(-c3ccc4c5c(cccc35)-c3ccccc3-4)c3c(B)c(B)c(B)c(B)c3c(-c3ccc(-c4nc5ccccc5n4-c4ccccc4)cc3)c2c1B. The minimum Gasteiger partial charge on any atom is -0.292 e. The highest BCUT2D eigenvalue weighted by Gasteiger charge is 2.28. The van der Waals surface area contributed by atoms with E-state index in [4.69, 9.17) is 4.98 Å². The minimum atomic E-state index is 0.945. The maximum atomic E-state index is 5.22. The fraction of sp³-hybridized carbons (Fsp3) is 0. The third kappa shape index (κ3) is 4.96. The number of aromatic nitrogens is 2. The molecule has 2 nitrogen and oxygen atoms in total. The maximum absolute atomic E-state index is 5.22. The van der Waals surface area contributed by atoms with Gasteiger partial charge < -0.3 is 0 Å². The topological polar surface area (TPSA) is 17.8 Å². The first-order chi connectivity index (χ1) is 28.7. The number of hydrogen-bond donors (Lipinski definition) is 0. The zero-order valence-corrected chi connectivity index (χ0v) is 35.1. The molecular weight excluding hydrogens is 703 g/mol. The zero-order valence-electron chi connectivity index (χ0n) is 35.1. The normalized spacial score (nSPS) is 11.9. The summed E-state index contributed by atoms with van der Waals surface area (Å²) in [6.07, 6.45) is 0. The van der Waals surface area contributed by atoms with Crippen molar-refractivity contribution in [2.75, 3.05) is 0 Å². The number of fused-ring (bicyclic) bond motifs is 6. The van der Waals surface area contributed by atoms with E-state index in [-0.39, 0.29) is 0 Å². The van der Waals surface area contributed by atoms with Gasteiger partial charge in [0.1, 0.15) is 68.6 Å². The molecule has 1 aliphatic carbocycles. The lowest BCUT2D eigenvalue weighted by atomic mass is 9.59. The smallest absolute Gasteiger partial charge is 0.145 e. The largest absolute Gasteiger partial charge is 0.292 e. The van der Waals surface area contributed by atoms with Gasteiger partial charge in [0, 0.05) is 11.3 Å². The van der Waals surface area contributed by atoms with Crippen molar-refractivity contribution in [3.63, 3.8) is 0 Å². The van der Waals surface area contributed by atoms with Crippen molar-refractivity contribution >= 4 is 150 Å². The van der Waals surface area contributed by atoms with Gasteiger partial charge in [-0.05, 0) is 101 Å². The summed E-state index contributed by atoms with van der Waals surface area (Å²) in [5, 5.41) is 8.13.